The predicted molar refractivity (Wildman–Crippen MR) is 167 cm³/mol. The van der Waals surface area contributed by atoms with Gasteiger partial charge in [-0.25, -0.2) is 0 Å². The van der Waals surface area contributed by atoms with Gasteiger partial charge in [0.15, 0.2) is 0 Å². The number of benzene rings is 6. The lowest BCUT2D eigenvalue weighted by atomic mass is 10.00. The molecule has 0 saturated carbocycles. The number of anilines is 2. The normalized spacial score (nSPS) is 11.6. The molecule has 39 heavy (non-hydrogen) atoms. The second-order valence-electron chi connectivity index (χ2n) is 9.88. The number of hydrogen-bond donors (Lipinski definition) is 1. The monoisotopic (exact) mass is 517 g/mol. The fourth-order valence-electron chi connectivity index (χ4n) is 5.55. The molecule has 0 bridgehead atoms. The second-order valence-corrected chi connectivity index (χ2v) is 10.9. The standard InChI is InChI=1S/C36H23NOS/c1-2-8-23(9-3-1)24-14-17-26(18-15-24)37-27-21-31(36-32(22-27)30-11-5-7-13-35(30)39-36)25-16-19-29-28-10-4-6-12-33(28)38-34(29)20-25/h1-22,37H. The van der Waals surface area contributed by atoms with Crippen LogP contribution in [0.1, 0.15) is 0 Å². The van der Waals surface area contributed by atoms with E-state index in [9.17, 15) is 0 Å². The number of furan rings is 1. The average Bonchev–Trinajstić information content (AvgIpc) is 3.55. The van der Waals surface area contributed by atoms with Crippen LogP contribution >= 0.6 is 11.3 Å². The van der Waals surface area contributed by atoms with Crippen molar-refractivity contribution in [2.24, 2.45) is 0 Å². The molecule has 2 heterocycles. The van der Waals surface area contributed by atoms with Crippen LogP contribution < -0.4 is 5.32 Å². The van der Waals surface area contributed by atoms with E-state index < -0.39 is 0 Å². The molecule has 8 rings (SSSR count). The molecule has 184 valence electrons. The van der Waals surface area contributed by atoms with Crippen LogP contribution in [0.5, 0.6) is 0 Å². The van der Waals surface area contributed by atoms with Gasteiger partial charge in [-0.3, -0.25) is 0 Å². The average molecular weight is 518 g/mol. The lowest BCUT2D eigenvalue weighted by molar-refractivity contribution is 0.669. The van der Waals surface area contributed by atoms with Crippen molar-refractivity contribution in [1.82, 2.24) is 0 Å². The van der Waals surface area contributed by atoms with E-state index in [1.165, 1.54) is 36.9 Å². The highest BCUT2D eigenvalue weighted by Gasteiger charge is 2.15. The molecule has 2 nitrogen and oxygen atoms in total. The minimum atomic E-state index is 0.915. The minimum absolute atomic E-state index is 0.915. The SMILES string of the molecule is c1ccc(-c2ccc(Nc3cc(-c4ccc5c(c4)oc4ccccc45)c4sc5ccccc5c4c3)cc2)cc1. The van der Waals surface area contributed by atoms with Crippen LogP contribution in [0.15, 0.2) is 138 Å². The molecule has 6 aromatic carbocycles. The van der Waals surface area contributed by atoms with Crippen LogP contribution in [-0.4, -0.2) is 0 Å². The van der Waals surface area contributed by atoms with Crippen LogP contribution in [0.3, 0.4) is 0 Å². The molecule has 0 aliphatic rings. The number of nitrogens with one attached hydrogen (secondary N) is 1. The smallest absolute Gasteiger partial charge is 0.136 e. The summed E-state index contributed by atoms with van der Waals surface area (Å²) in [5.41, 5.74) is 8.76. The van der Waals surface area contributed by atoms with Gasteiger partial charge in [-0.15, -0.1) is 11.3 Å². The van der Waals surface area contributed by atoms with Gasteiger partial charge in [0.1, 0.15) is 11.2 Å². The molecule has 0 radical (unpaired) electrons. The Labute approximate surface area is 229 Å². The molecule has 1 N–H and O–H groups in total. The fraction of sp³-hybridized carbons (Fsp3) is 0. The quantitative estimate of drug-likeness (QED) is 0.251. The van der Waals surface area contributed by atoms with E-state index in [1.54, 1.807) is 0 Å². The van der Waals surface area contributed by atoms with E-state index >= 15 is 0 Å². The maximum Gasteiger partial charge on any atom is 0.136 e. The maximum absolute atomic E-state index is 6.25. The van der Waals surface area contributed by atoms with E-state index in [4.69, 9.17) is 4.42 Å². The highest BCUT2D eigenvalue weighted by atomic mass is 32.1. The molecule has 0 aliphatic heterocycles. The van der Waals surface area contributed by atoms with E-state index in [0.29, 0.717) is 0 Å². The Morgan fingerprint density at radius 3 is 2.03 bits per heavy atom. The number of thiophene rings is 1. The van der Waals surface area contributed by atoms with E-state index in [1.807, 2.05) is 29.5 Å². The first kappa shape index (κ1) is 22.2. The van der Waals surface area contributed by atoms with Crippen molar-refractivity contribution < 1.29 is 4.42 Å². The Morgan fingerprint density at radius 1 is 0.462 bits per heavy atom. The second kappa shape index (κ2) is 8.87. The molecule has 8 aromatic rings. The van der Waals surface area contributed by atoms with Gasteiger partial charge in [0.2, 0.25) is 0 Å². The Morgan fingerprint density at radius 2 is 1.15 bits per heavy atom. The summed E-state index contributed by atoms with van der Waals surface area (Å²) in [6.07, 6.45) is 0. The number of rotatable bonds is 4. The summed E-state index contributed by atoms with van der Waals surface area (Å²) in [6, 6.07) is 47.2. The van der Waals surface area contributed by atoms with Gasteiger partial charge in [0, 0.05) is 47.9 Å². The van der Waals surface area contributed by atoms with Crippen LogP contribution in [-0.2, 0) is 0 Å². The summed E-state index contributed by atoms with van der Waals surface area (Å²) in [4.78, 5) is 0. The van der Waals surface area contributed by atoms with Gasteiger partial charge in [-0.2, -0.15) is 0 Å². The van der Waals surface area contributed by atoms with Crippen molar-refractivity contribution in [2.75, 3.05) is 5.32 Å². The van der Waals surface area contributed by atoms with Gasteiger partial charge in [0.25, 0.3) is 0 Å². The summed E-state index contributed by atoms with van der Waals surface area (Å²) in [5, 5.41) is 8.53. The zero-order chi connectivity index (χ0) is 25.8. The molecule has 0 saturated heterocycles. The number of fused-ring (bicyclic) bond motifs is 6. The fourth-order valence-corrected chi connectivity index (χ4v) is 6.77. The summed E-state index contributed by atoms with van der Waals surface area (Å²) < 4.78 is 8.83. The lowest BCUT2D eigenvalue weighted by Gasteiger charge is -2.12. The van der Waals surface area contributed by atoms with Crippen molar-refractivity contribution >= 4 is 64.8 Å². The van der Waals surface area contributed by atoms with Crippen molar-refractivity contribution in [3.8, 4) is 22.3 Å². The molecule has 3 heteroatoms. The van der Waals surface area contributed by atoms with Crippen molar-refractivity contribution in [3.63, 3.8) is 0 Å². The Hall–Kier alpha value is -4.86. The summed E-state index contributed by atoms with van der Waals surface area (Å²) >= 11 is 1.85. The Balaban J connectivity index is 1.26. The van der Waals surface area contributed by atoms with E-state index in [0.717, 1.165) is 38.9 Å². The molecule has 0 aliphatic carbocycles. The zero-order valence-corrected chi connectivity index (χ0v) is 21.8. The van der Waals surface area contributed by atoms with Gasteiger partial charge in [-0.1, -0.05) is 84.9 Å². The lowest BCUT2D eigenvalue weighted by Crippen LogP contribution is -1.91. The molecular formula is C36H23NOS. The maximum atomic E-state index is 6.25. The van der Waals surface area contributed by atoms with Crippen LogP contribution in [0.25, 0.3) is 64.4 Å². The first-order valence-electron chi connectivity index (χ1n) is 13.1. The van der Waals surface area contributed by atoms with Crippen LogP contribution in [0, 0.1) is 0 Å². The van der Waals surface area contributed by atoms with Crippen LogP contribution in [0.2, 0.25) is 0 Å². The van der Waals surface area contributed by atoms with Gasteiger partial charge in [-0.05, 0) is 65.2 Å². The minimum Gasteiger partial charge on any atom is -0.456 e. The molecule has 0 amide bonds. The van der Waals surface area contributed by atoms with Crippen LogP contribution in [0.4, 0.5) is 11.4 Å². The van der Waals surface area contributed by atoms with Gasteiger partial charge < -0.3 is 9.73 Å². The first-order valence-corrected chi connectivity index (χ1v) is 13.9. The van der Waals surface area contributed by atoms with Crippen molar-refractivity contribution in [1.29, 1.82) is 0 Å². The van der Waals surface area contributed by atoms with Crippen molar-refractivity contribution in [3.05, 3.63) is 133 Å². The molecule has 0 fully saturated rings. The summed E-state index contributed by atoms with van der Waals surface area (Å²) in [7, 11) is 0. The van der Waals surface area contributed by atoms with Crippen molar-refractivity contribution in [2.45, 2.75) is 0 Å². The number of hydrogen-bond acceptors (Lipinski definition) is 3. The topological polar surface area (TPSA) is 25.2 Å². The molecular weight excluding hydrogens is 494 g/mol. The summed E-state index contributed by atoms with van der Waals surface area (Å²) in [6.45, 7) is 0. The van der Waals surface area contributed by atoms with Gasteiger partial charge in [0.05, 0.1) is 0 Å². The largest absolute Gasteiger partial charge is 0.456 e. The Kier molecular flexibility index (Phi) is 5.04. The summed E-state index contributed by atoms with van der Waals surface area (Å²) in [5.74, 6) is 0. The predicted octanol–water partition coefficient (Wildman–Crippen LogP) is 11.0. The third-order valence-corrected chi connectivity index (χ3v) is 8.67. The molecule has 0 unspecified atom stereocenters. The first-order chi connectivity index (χ1) is 19.3. The molecule has 2 aromatic heterocycles. The van der Waals surface area contributed by atoms with E-state index in [-0.39, 0.29) is 0 Å². The molecule has 0 atom stereocenters. The number of para-hydroxylation sites is 1. The Bertz CT molecular complexity index is 2140. The zero-order valence-electron chi connectivity index (χ0n) is 21.0. The molecule has 0 spiro atoms. The highest BCUT2D eigenvalue weighted by molar-refractivity contribution is 7.26. The highest BCUT2D eigenvalue weighted by Crippen LogP contribution is 2.43. The van der Waals surface area contributed by atoms with E-state index in [2.05, 4.69) is 121 Å². The third kappa shape index (κ3) is 3.79. The van der Waals surface area contributed by atoms with Gasteiger partial charge >= 0.3 is 0 Å². The third-order valence-electron chi connectivity index (χ3n) is 7.45.